The molecule has 0 radical (unpaired) electrons. The van der Waals surface area contributed by atoms with E-state index in [1.54, 1.807) is 35.4 Å². The van der Waals surface area contributed by atoms with E-state index in [0.717, 1.165) is 12.0 Å². The molecule has 23 heavy (non-hydrogen) atoms. The summed E-state index contributed by atoms with van der Waals surface area (Å²) in [6, 6.07) is 6.80. The van der Waals surface area contributed by atoms with Crippen molar-refractivity contribution in [2.45, 2.75) is 25.8 Å². The van der Waals surface area contributed by atoms with E-state index in [-0.39, 0.29) is 23.5 Å². The molecule has 0 N–H and O–H groups in total. The van der Waals surface area contributed by atoms with Gasteiger partial charge in [-0.05, 0) is 30.5 Å². The van der Waals surface area contributed by atoms with Gasteiger partial charge in [0.1, 0.15) is 7.11 Å². The standard InChI is InChI=1S/C16H22N2O4S/c1-3-9-18(15-8-10-23(20,21)12-15)16(19)14-6-4-13(5-7-14)11-17-22-2/h4-7,11,15H,3,8-10,12H2,1-2H3. The lowest BCUT2D eigenvalue weighted by Gasteiger charge is -2.28. The molecule has 0 spiro atoms. The molecule has 0 aromatic heterocycles. The van der Waals surface area contributed by atoms with E-state index < -0.39 is 9.84 Å². The van der Waals surface area contributed by atoms with E-state index in [1.807, 2.05) is 6.92 Å². The maximum atomic E-state index is 12.7. The maximum absolute atomic E-state index is 12.7. The van der Waals surface area contributed by atoms with E-state index in [9.17, 15) is 13.2 Å². The summed E-state index contributed by atoms with van der Waals surface area (Å²) in [5, 5.41) is 3.67. The average molecular weight is 338 g/mol. The Hall–Kier alpha value is -1.89. The summed E-state index contributed by atoms with van der Waals surface area (Å²) in [4.78, 5) is 19.0. The quantitative estimate of drug-likeness (QED) is 0.584. The number of carbonyl (C=O) groups is 1. The van der Waals surface area contributed by atoms with Crippen LogP contribution in [0.1, 0.15) is 35.7 Å². The van der Waals surface area contributed by atoms with Crippen molar-refractivity contribution in [3.63, 3.8) is 0 Å². The molecule has 0 aliphatic carbocycles. The molecule has 1 heterocycles. The molecule has 1 aliphatic rings. The van der Waals surface area contributed by atoms with Crippen LogP contribution >= 0.6 is 0 Å². The highest BCUT2D eigenvalue weighted by Crippen LogP contribution is 2.20. The van der Waals surface area contributed by atoms with Gasteiger partial charge in [-0.25, -0.2) is 8.42 Å². The van der Waals surface area contributed by atoms with Crippen molar-refractivity contribution < 1.29 is 18.0 Å². The number of carbonyl (C=O) groups excluding carboxylic acids is 1. The van der Waals surface area contributed by atoms with Gasteiger partial charge in [-0.3, -0.25) is 4.79 Å². The van der Waals surface area contributed by atoms with Gasteiger partial charge in [-0.15, -0.1) is 0 Å². The third-order valence-electron chi connectivity index (χ3n) is 3.84. The summed E-state index contributed by atoms with van der Waals surface area (Å²) in [6.45, 7) is 2.54. The van der Waals surface area contributed by atoms with Crippen molar-refractivity contribution in [3.8, 4) is 0 Å². The second-order valence-corrected chi connectivity index (χ2v) is 7.82. The molecule has 0 saturated carbocycles. The van der Waals surface area contributed by atoms with E-state index >= 15 is 0 Å². The van der Waals surface area contributed by atoms with Crippen molar-refractivity contribution >= 4 is 22.0 Å². The van der Waals surface area contributed by atoms with Crippen molar-refractivity contribution in [1.29, 1.82) is 0 Å². The first-order valence-electron chi connectivity index (χ1n) is 7.65. The van der Waals surface area contributed by atoms with Gasteiger partial charge in [0.2, 0.25) is 0 Å². The molecule has 1 aromatic rings. The minimum Gasteiger partial charge on any atom is -0.399 e. The lowest BCUT2D eigenvalue weighted by molar-refractivity contribution is 0.0697. The van der Waals surface area contributed by atoms with Gasteiger partial charge in [0.15, 0.2) is 9.84 Å². The number of rotatable bonds is 6. The van der Waals surface area contributed by atoms with Crippen LogP contribution in [0.15, 0.2) is 29.4 Å². The number of nitrogens with zero attached hydrogens (tertiary/aromatic N) is 2. The van der Waals surface area contributed by atoms with Gasteiger partial charge in [-0.1, -0.05) is 24.2 Å². The number of benzene rings is 1. The second-order valence-electron chi connectivity index (χ2n) is 5.59. The third kappa shape index (κ3) is 4.54. The summed E-state index contributed by atoms with van der Waals surface area (Å²) in [7, 11) is -1.55. The van der Waals surface area contributed by atoms with Gasteiger partial charge >= 0.3 is 0 Å². The Morgan fingerprint density at radius 3 is 2.61 bits per heavy atom. The molecule has 1 unspecified atom stereocenters. The number of hydrogen-bond donors (Lipinski definition) is 0. The van der Waals surface area contributed by atoms with Crippen molar-refractivity contribution in [2.24, 2.45) is 5.16 Å². The molecular weight excluding hydrogens is 316 g/mol. The van der Waals surface area contributed by atoms with Crippen molar-refractivity contribution in [2.75, 3.05) is 25.2 Å². The molecule has 1 aromatic carbocycles. The Kier molecular flexibility index (Phi) is 5.76. The summed E-state index contributed by atoms with van der Waals surface area (Å²) >= 11 is 0. The maximum Gasteiger partial charge on any atom is 0.254 e. The highest BCUT2D eigenvalue weighted by molar-refractivity contribution is 7.91. The molecule has 6 nitrogen and oxygen atoms in total. The molecule has 126 valence electrons. The SMILES string of the molecule is CCCN(C(=O)c1ccc(C=NOC)cc1)C1CCS(=O)(=O)C1. The monoisotopic (exact) mass is 338 g/mol. The van der Waals surface area contributed by atoms with Crippen LogP contribution in [0.5, 0.6) is 0 Å². The Morgan fingerprint density at radius 1 is 1.39 bits per heavy atom. The summed E-state index contributed by atoms with van der Waals surface area (Å²) in [5.74, 6) is 0.110. The summed E-state index contributed by atoms with van der Waals surface area (Å²) in [6.07, 6.45) is 2.87. The van der Waals surface area contributed by atoms with Crippen LogP contribution in [-0.2, 0) is 14.7 Å². The zero-order chi connectivity index (χ0) is 16.9. The number of amides is 1. The largest absolute Gasteiger partial charge is 0.399 e. The predicted octanol–water partition coefficient (Wildman–Crippen LogP) is 1.71. The van der Waals surface area contributed by atoms with Crippen LogP contribution in [0, 0.1) is 0 Å². The van der Waals surface area contributed by atoms with Gasteiger partial charge in [0.05, 0.1) is 17.7 Å². The summed E-state index contributed by atoms with van der Waals surface area (Å²) in [5.41, 5.74) is 1.38. The zero-order valence-electron chi connectivity index (χ0n) is 13.4. The predicted molar refractivity (Wildman–Crippen MR) is 89.4 cm³/mol. The van der Waals surface area contributed by atoms with Crippen LogP contribution in [0.3, 0.4) is 0 Å². The molecule has 2 rings (SSSR count). The Morgan fingerprint density at radius 2 is 2.09 bits per heavy atom. The minimum atomic E-state index is -3.02. The fourth-order valence-electron chi connectivity index (χ4n) is 2.70. The van der Waals surface area contributed by atoms with Crippen LogP contribution in [-0.4, -0.2) is 56.6 Å². The zero-order valence-corrected chi connectivity index (χ0v) is 14.3. The van der Waals surface area contributed by atoms with Gasteiger partial charge in [0.25, 0.3) is 5.91 Å². The first-order valence-corrected chi connectivity index (χ1v) is 9.47. The van der Waals surface area contributed by atoms with Crippen LogP contribution < -0.4 is 0 Å². The highest BCUT2D eigenvalue weighted by atomic mass is 32.2. The first kappa shape index (κ1) is 17.5. The molecule has 1 saturated heterocycles. The Labute approximate surface area is 137 Å². The Balaban J connectivity index is 2.16. The lowest BCUT2D eigenvalue weighted by Crippen LogP contribution is -2.41. The molecular formula is C16H22N2O4S. The van der Waals surface area contributed by atoms with E-state index in [0.29, 0.717) is 18.5 Å². The first-order chi connectivity index (χ1) is 11.0. The van der Waals surface area contributed by atoms with Gasteiger partial charge in [0, 0.05) is 18.2 Å². The van der Waals surface area contributed by atoms with Crippen molar-refractivity contribution in [1.82, 2.24) is 4.90 Å². The van der Waals surface area contributed by atoms with E-state index in [4.69, 9.17) is 0 Å². The molecule has 7 heteroatoms. The van der Waals surface area contributed by atoms with Gasteiger partial charge in [-0.2, -0.15) is 0 Å². The number of sulfone groups is 1. The third-order valence-corrected chi connectivity index (χ3v) is 5.59. The number of oxime groups is 1. The fourth-order valence-corrected chi connectivity index (χ4v) is 4.43. The summed E-state index contributed by atoms with van der Waals surface area (Å²) < 4.78 is 23.4. The lowest BCUT2D eigenvalue weighted by atomic mass is 10.1. The highest BCUT2D eigenvalue weighted by Gasteiger charge is 2.34. The molecule has 1 amide bonds. The smallest absolute Gasteiger partial charge is 0.254 e. The van der Waals surface area contributed by atoms with E-state index in [1.165, 1.54) is 7.11 Å². The number of hydrogen-bond acceptors (Lipinski definition) is 5. The van der Waals surface area contributed by atoms with Crippen molar-refractivity contribution in [3.05, 3.63) is 35.4 Å². The average Bonchev–Trinajstić information content (AvgIpc) is 2.90. The van der Waals surface area contributed by atoms with Crippen LogP contribution in [0.2, 0.25) is 0 Å². The topological polar surface area (TPSA) is 76.0 Å². The molecule has 1 atom stereocenters. The normalized spacial score (nSPS) is 19.8. The fraction of sp³-hybridized carbons (Fsp3) is 0.500. The second kappa shape index (κ2) is 7.59. The van der Waals surface area contributed by atoms with E-state index in [2.05, 4.69) is 9.99 Å². The van der Waals surface area contributed by atoms with Crippen LogP contribution in [0.4, 0.5) is 0 Å². The minimum absolute atomic E-state index is 0.0668. The van der Waals surface area contributed by atoms with Crippen LogP contribution in [0.25, 0.3) is 0 Å². The van der Waals surface area contributed by atoms with Gasteiger partial charge < -0.3 is 9.74 Å². The molecule has 0 bridgehead atoms. The molecule has 1 aliphatic heterocycles. The Bertz CT molecular complexity index is 668. The molecule has 1 fully saturated rings.